The highest BCUT2D eigenvalue weighted by Crippen LogP contribution is 2.28. The number of ether oxygens (including phenoxy) is 1. The molecule has 0 bridgehead atoms. The number of benzene rings is 3. The Labute approximate surface area is 270 Å². The Morgan fingerprint density at radius 1 is 0.977 bits per heavy atom. The Kier molecular flexibility index (Phi) is 11.6. The molecule has 1 aliphatic carbocycles. The van der Waals surface area contributed by atoms with Gasteiger partial charge in [-0.25, -0.2) is 8.42 Å². The number of hydrogen-bond donors (Lipinski definition) is 1. The molecule has 1 N–H and O–H groups in total. The van der Waals surface area contributed by atoms with Gasteiger partial charge < -0.3 is 15.0 Å². The highest BCUT2D eigenvalue weighted by atomic mass is 35.5. The number of nitrogens with zero attached hydrogens (tertiary/aromatic N) is 2. The fourth-order valence-corrected chi connectivity index (χ4v) is 7.24. The molecule has 4 rings (SSSR count). The molecule has 11 heteroatoms. The number of halogens is 2. The summed E-state index contributed by atoms with van der Waals surface area (Å²) in [6.07, 6.45) is 4.18. The van der Waals surface area contributed by atoms with Gasteiger partial charge in [0.25, 0.3) is 10.0 Å². The van der Waals surface area contributed by atoms with Crippen molar-refractivity contribution in [2.24, 2.45) is 0 Å². The van der Waals surface area contributed by atoms with Crippen LogP contribution in [0.3, 0.4) is 0 Å². The van der Waals surface area contributed by atoms with Crippen LogP contribution in [0.1, 0.15) is 57.1 Å². The summed E-state index contributed by atoms with van der Waals surface area (Å²) in [5.41, 5.74) is 1.78. The van der Waals surface area contributed by atoms with Crippen molar-refractivity contribution >= 4 is 50.7 Å². The highest BCUT2D eigenvalue weighted by Gasteiger charge is 2.35. The monoisotopic (exact) mass is 659 g/mol. The molecule has 1 fully saturated rings. The zero-order chi connectivity index (χ0) is 31.9. The zero-order valence-corrected chi connectivity index (χ0v) is 27.6. The largest absolute Gasteiger partial charge is 0.494 e. The minimum atomic E-state index is -4.18. The Bertz CT molecular complexity index is 1540. The molecule has 1 atom stereocenters. The number of nitrogens with one attached hydrogen (secondary N) is 1. The van der Waals surface area contributed by atoms with E-state index in [9.17, 15) is 18.0 Å². The smallest absolute Gasteiger partial charge is 0.264 e. The minimum absolute atomic E-state index is 0.00682. The predicted molar refractivity (Wildman–Crippen MR) is 175 cm³/mol. The number of rotatable bonds is 13. The Morgan fingerprint density at radius 3 is 2.23 bits per heavy atom. The maximum atomic E-state index is 14.3. The molecule has 44 heavy (non-hydrogen) atoms. The average Bonchev–Trinajstić information content (AvgIpc) is 3.50. The fourth-order valence-electron chi connectivity index (χ4n) is 5.36. The van der Waals surface area contributed by atoms with E-state index in [-0.39, 0.29) is 29.1 Å². The molecule has 0 saturated heterocycles. The predicted octanol–water partition coefficient (Wildman–Crippen LogP) is 6.76. The molecule has 1 saturated carbocycles. The van der Waals surface area contributed by atoms with Gasteiger partial charge in [-0.2, -0.15) is 0 Å². The molecule has 8 nitrogen and oxygen atoms in total. The lowest BCUT2D eigenvalue weighted by molar-refractivity contribution is -0.140. The minimum Gasteiger partial charge on any atom is -0.494 e. The summed E-state index contributed by atoms with van der Waals surface area (Å²) in [6, 6.07) is 17.1. The number of aryl methyl sites for hydroxylation is 1. The molecular formula is C33H39Cl2N3O5S. The van der Waals surface area contributed by atoms with Gasteiger partial charge in [0.2, 0.25) is 11.8 Å². The van der Waals surface area contributed by atoms with Gasteiger partial charge in [0.15, 0.2) is 0 Å². The summed E-state index contributed by atoms with van der Waals surface area (Å²) in [7, 11) is -4.18. The van der Waals surface area contributed by atoms with Crippen LogP contribution < -0.4 is 14.4 Å². The van der Waals surface area contributed by atoms with E-state index in [0.29, 0.717) is 34.4 Å². The van der Waals surface area contributed by atoms with E-state index < -0.39 is 28.5 Å². The van der Waals surface area contributed by atoms with Crippen molar-refractivity contribution in [3.8, 4) is 5.75 Å². The van der Waals surface area contributed by atoms with Crippen LogP contribution in [0, 0.1) is 6.92 Å². The first-order valence-corrected chi connectivity index (χ1v) is 17.1. The lowest BCUT2D eigenvalue weighted by Crippen LogP contribution is -2.53. The quantitative estimate of drug-likeness (QED) is 0.219. The van der Waals surface area contributed by atoms with E-state index >= 15 is 0 Å². The maximum absolute atomic E-state index is 14.3. The number of carbonyl (C=O) groups is 2. The third-order valence-corrected chi connectivity index (χ3v) is 10.1. The highest BCUT2D eigenvalue weighted by molar-refractivity contribution is 7.92. The van der Waals surface area contributed by atoms with Crippen molar-refractivity contribution < 1.29 is 22.7 Å². The fraction of sp³-hybridized carbons (Fsp3) is 0.394. The van der Waals surface area contributed by atoms with Crippen LogP contribution >= 0.6 is 23.2 Å². The molecule has 236 valence electrons. The van der Waals surface area contributed by atoms with Crippen LogP contribution in [0.15, 0.2) is 71.6 Å². The Balaban J connectivity index is 1.73. The van der Waals surface area contributed by atoms with Gasteiger partial charge in [0.1, 0.15) is 18.3 Å². The van der Waals surface area contributed by atoms with Gasteiger partial charge >= 0.3 is 0 Å². The molecule has 0 radical (unpaired) electrons. The molecule has 0 aromatic heterocycles. The molecule has 0 aliphatic heterocycles. The van der Waals surface area contributed by atoms with E-state index in [1.54, 1.807) is 54.6 Å². The van der Waals surface area contributed by atoms with Gasteiger partial charge in [-0.1, -0.05) is 66.7 Å². The van der Waals surface area contributed by atoms with Gasteiger partial charge in [0, 0.05) is 22.6 Å². The molecule has 0 unspecified atom stereocenters. The van der Waals surface area contributed by atoms with Crippen molar-refractivity contribution in [1.82, 2.24) is 10.2 Å². The number of sulfonamides is 1. The maximum Gasteiger partial charge on any atom is 0.264 e. The third-order valence-electron chi connectivity index (χ3n) is 7.77. The zero-order valence-electron chi connectivity index (χ0n) is 25.3. The molecule has 3 aromatic carbocycles. The number of carbonyl (C=O) groups excluding carboxylic acids is 2. The third kappa shape index (κ3) is 8.25. The van der Waals surface area contributed by atoms with E-state index in [2.05, 4.69) is 5.32 Å². The summed E-state index contributed by atoms with van der Waals surface area (Å²) >= 11 is 12.6. The Morgan fingerprint density at radius 2 is 1.64 bits per heavy atom. The van der Waals surface area contributed by atoms with Gasteiger partial charge in [-0.05, 0) is 87.2 Å². The molecular weight excluding hydrogens is 621 g/mol. The molecule has 1 aliphatic rings. The topological polar surface area (TPSA) is 96.0 Å². The first kappa shape index (κ1) is 33.6. The first-order chi connectivity index (χ1) is 21.0. The van der Waals surface area contributed by atoms with Crippen molar-refractivity contribution in [2.45, 2.75) is 76.4 Å². The van der Waals surface area contributed by atoms with Crippen molar-refractivity contribution in [3.05, 3.63) is 87.9 Å². The Hall–Kier alpha value is -3.27. The van der Waals surface area contributed by atoms with Crippen LogP contribution in [-0.4, -0.2) is 50.4 Å². The van der Waals surface area contributed by atoms with Crippen molar-refractivity contribution in [2.75, 3.05) is 17.5 Å². The second kappa shape index (κ2) is 15.1. The second-order valence-corrected chi connectivity index (χ2v) is 13.6. The first-order valence-electron chi connectivity index (χ1n) is 14.9. The number of anilines is 1. The van der Waals surface area contributed by atoms with Crippen LogP contribution in [0.2, 0.25) is 10.0 Å². The van der Waals surface area contributed by atoms with Crippen LogP contribution in [0.25, 0.3) is 0 Å². The van der Waals surface area contributed by atoms with Crippen LogP contribution in [0.4, 0.5) is 5.69 Å². The number of hydrogen-bond acceptors (Lipinski definition) is 5. The lowest BCUT2D eigenvalue weighted by atomic mass is 10.1. The van der Waals surface area contributed by atoms with Crippen molar-refractivity contribution in [1.29, 1.82) is 0 Å². The van der Waals surface area contributed by atoms with E-state index in [1.807, 2.05) is 20.8 Å². The number of amides is 2. The summed E-state index contributed by atoms with van der Waals surface area (Å²) in [4.78, 5) is 29.4. The SMILES string of the molecule is CCOc1ccc(N(CC(=O)N(Cc2ccc(Cl)cc2Cl)[C@@H](CC)C(=O)NC2CCCC2)S(=O)(=O)c2ccc(C)cc2)cc1. The standard InChI is InChI=1S/C33H39Cl2N3O5S/c1-4-31(33(40)36-26-8-6-7-9-26)37(21-24-12-13-25(34)20-30(24)35)32(39)22-38(27-14-16-28(17-15-27)43-5-2)44(41,42)29-18-10-23(3)11-19-29/h10-20,26,31H,4-9,21-22H2,1-3H3,(H,36,40)/t31-/m0/s1. The lowest BCUT2D eigenvalue weighted by Gasteiger charge is -2.34. The van der Waals surface area contributed by atoms with E-state index in [4.69, 9.17) is 27.9 Å². The van der Waals surface area contributed by atoms with Crippen LogP contribution in [-0.2, 0) is 26.2 Å². The summed E-state index contributed by atoms with van der Waals surface area (Å²) < 4.78 is 34.8. The van der Waals surface area contributed by atoms with Gasteiger partial charge in [0.05, 0.1) is 17.2 Å². The van der Waals surface area contributed by atoms with Gasteiger partial charge in [-0.3, -0.25) is 13.9 Å². The summed E-state index contributed by atoms with van der Waals surface area (Å²) in [5, 5.41) is 3.89. The van der Waals surface area contributed by atoms with E-state index in [1.165, 1.54) is 17.0 Å². The van der Waals surface area contributed by atoms with E-state index in [0.717, 1.165) is 35.6 Å². The normalized spacial score (nSPS) is 14.2. The van der Waals surface area contributed by atoms with Crippen LogP contribution in [0.5, 0.6) is 5.75 Å². The average molecular weight is 661 g/mol. The van der Waals surface area contributed by atoms with Gasteiger partial charge in [-0.15, -0.1) is 0 Å². The molecule has 0 spiro atoms. The molecule has 0 heterocycles. The molecule has 2 amide bonds. The second-order valence-electron chi connectivity index (χ2n) is 10.9. The molecule has 3 aromatic rings. The summed E-state index contributed by atoms with van der Waals surface area (Å²) in [6.45, 7) is 5.46. The van der Waals surface area contributed by atoms with Crippen molar-refractivity contribution in [3.63, 3.8) is 0 Å². The summed E-state index contributed by atoms with van der Waals surface area (Å²) in [5.74, 6) is -0.246.